The van der Waals surface area contributed by atoms with Crippen LogP contribution >= 0.6 is 11.3 Å². The molecule has 0 bridgehead atoms. The Morgan fingerprint density at radius 1 is 1.00 bits per heavy atom. The highest BCUT2D eigenvalue weighted by Crippen LogP contribution is 2.23. The van der Waals surface area contributed by atoms with Gasteiger partial charge in [0, 0.05) is 48.9 Å². The minimum Gasteiger partial charge on any atom is -0.459 e. The minimum absolute atomic E-state index is 0.0199. The van der Waals surface area contributed by atoms with Crippen molar-refractivity contribution in [3.05, 3.63) is 65.6 Å². The zero-order chi connectivity index (χ0) is 17.9. The summed E-state index contributed by atoms with van der Waals surface area (Å²) in [4.78, 5) is 32.9. The van der Waals surface area contributed by atoms with Crippen molar-refractivity contribution in [1.29, 1.82) is 0 Å². The summed E-state index contributed by atoms with van der Waals surface area (Å²) in [5.74, 6) is 0.183. The third-order valence-electron chi connectivity index (χ3n) is 4.37. The van der Waals surface area contributed by atoms with Gasteiger partial charge in [-0.1, -0.05) is 12.1 Å². The molecule has 0 N–H and O–H groups in total. The number of thiazole rings is 1. The fraction of sp³-hybridized carbons (Fsp3) is 0.211. The number of hydrogen-bond acceptors (Lipinski definition) is 5. The number of aromatic nitrogens is 1. The highest BCUT2D eigenvalue weighted by molar-refractivity contribution is 7.13. The first-order valence-electron chi connectivity index (χ1n) is 8.34. The van der Waals surface area contributed by atoms with Crippen molar-refractivity contribution in [1.82, 2.24) is 14.8 Å². The summed E-state index contributed by atoms with van der Waals surface area (Å²) in [5.41, 5.74) is 1.58. The zero-order valence-corrected chi connectivity index (χ0v) is 14.8. The van der Waals surface area contributed by atoms with Crippen molar-refractivity contribution < 1.29 is 14.0 Å². The van der Waals surface area contributed by atoms with E-state index in [1.54, 1.807) is 39.5 Å². The molecule has 1 aromatic carbocycles. The van der Waals surface area contributed by atoms with Gasteiger partial charge in [0.05, 0.1) is 6.26 Å². The molecule has 2 aromatic heterocycles. The lowest BCUT2D eigenvalue weighted by atomic mass is 10.1. The molecule has 0 spiro atoms. The molecular formula is C19H17N3O3S. The number of carbonyl (C=O) groups is 2. The molecule has 0 saturated carbocycles. The number of benzene rings is 1. The van der Waals surface area contributed by atoms with Crippen LogP contribution in [0.5, 0.6) is 0 Å². The molecule has 0 atom stereocenters. The van der Waals surface area contributed by atoms with Gasteiger partial charge < -0.3 is 14.2 Å². The predicted molar refractivity (Wildman–Crippen MR) is 98.1 cm³/mol. The van der Waals surface area contributed by atoms with E-state index in [1.165, 1.54) is 6.26 Å². The van der Waals surface area contributed by atoms with Crippen LogP contribution in [0.1, 0.15) is 20.9 Å². The molecule has 6 nitrogen and oxygen atoms in total. The molecular weight excluding hydrogens is 350 g/mol. The average molecular weight is 367 g/mol. The van der Waals surface area contributed by atoms with E-state index in [-0.39, 0.29) is 11.8 Å². The van der Waals surface area contributed by atoms with Crippen molar-refractivity contribution in [2.24, 2.45) is 0 Å². The molecule has 1 saturated heterocycles. The number of carbonyl (C=O) groups excluding carboxylic acids is 2. The SMILES string of the molecule is O=C(c1cccc(-c2nccs2)c1)N1CCN(C(=O)c2ccco2)CC1. The molecule has 3 heterocycles. The topological polar surface area (TPSA) is 66.7 Å². The number of hydrogen-bond donors (Lipinski definition) is 0. The lowest BCUT2D eigenvalue weighted by Gasteiger charge is -2.34. The summed E-state index contributed by atoms with van der Waals surface area (Å²) < 4.78 is 5.16. The van der Waals surface area contributed by atoms with Gasteiger partial charge >= 0.3 is 0 Å². The molecule has 1 aliphatic heterocycles. The molecule has 0 radical (unpaired) electrons. The van der Waals surface area contributed by atoms with Crippen molar-refractivity contribution >= 4 is 23.2 Å². The van der Waals surface area contributed by atoms with E-state index in [1.807, 2.05) is 29.6 Å². The van der Waals surface area contributed by atoms with Crippen LogP contribution in [0.15, 0.2) is 58.7 Å². The van der Waals surface area contributed by atoms with Gasteiger partial charge in [0.25, 0.3) is 11.8 Å². The molecule has 0 aliphatic carbocycles. The second kappa shape index (κ2) is 7.13. The minimum atomic E-state index is -0.132. The smallest absolute Gasteiger partial charge is 0.289 e. The average Bonchev–Trinajstić information content (AvgIpc) is 3.41. The summed E-state index contributed by atoms with van der Waals surface area (Å²) in [6, 6.07) is 10.9. The zero-order valence-electron chi connectivity index (χ0n) is 14.0. The van der Waals surface area contributed by atoms with Crippen LogP contribution < -0.4 is 0 Å². The Hall–Kier alpha value is -2.93. The maximum Gasteiger partial charge on any atom is 0.289 e. The van der Waals surface area contributed by atoms with E-state index in [2.05, 4.69) is 4.98 Å². The predicted octanol–water partition coefficient (Wildman–Crippen LogP) is 3.00. The third-order valence-corrected chi connectivity index (χ3v) is 5.20. The first-order valence-corrected chi connectivity index (χ1v) is 9.22. The molecule has 26 heavy (non-hydrogen) atoms. The molecule has 7 heteroatoms. The van der Waals surface area contributed by atoms with Gasteiger partial charge in [-0.15, -0.1) is 11.3 Å². The van der Waals surface area contributed by atoms with Gasteiger partial charge in [0.15, 0.2) is 5.76 Å². The Labute approximate surface area is 154 Å². The first kappa shape index (κ1) is 16.5. The number of nitrogens with zero attached hydrogens (tertiary/aromatic N) is 3. The number of furan rings is 1. The second-order valence-electron chi connectivity index (χ2n) is 5.98. The largest absolute Gasteiger partial charge is 0.459 e. The Balaban J connectivity index is 1.42. The Kier molecular flexibility index (Phi) is 4.53. The molecule has 3 aromatic rings. The van der Waals surface area contributed by atoms with Crippen LogP contribution in [-0.2, 0) is 0 Å². The molecule has 132 valence electrons. The van der Waals surface area contributed by atoms with E-state index >= 15 is 0 Å². The lowest BCUT2D eigenvalue weighted by Crippen LogP contribution is -2.50. The highest BCUT2D eigenvalue weighted by Gasteiger charge is 2.26. The first-order chi connectivity index (χ1) is 12.7. The van der Waals surface area contributed by atoms with Gasteiger partial charge in [0.2, 0.25) is 0 Å². The van der Waals surface area contributed by atoms with Crippen LogP contribution in [0.3, 0.4) is 0 Å². The van der Waals surface area contributed by atoms with E-state index in [4.69, 9.17) is 4.42 Å². The molecule has 1 fully saturated rings. The standard InChI is InChI=1S/C19H17N3O3S/c23-18(15-4-1-3-14(13-15)17-20-6-12-26-17)21-7-9-22(10-8-21)19(24)16-5-2-11-25-16/h1-6,11-13H,7-10H2. The summed E-state index contributed by atoms with van der Waals surface area (Å²) >= 11 is 1.55. The lowest BCUT2D eigenvalue weighted by molar-refractivity contribution is 0.0518. The van der Waals surface area contributed by atoms with E-state index < -0.39 is 0 Å². The monoisotopic (exact) mass is 367 g/mol. The summed E-state index contributed by atoms with van der Waals surface area (Å²) in [5, 5.41) is 2.81. The maximum absolute atomic E-state index is 12.8. The van der Waals surface area contributed by atoms with Crippen LogP contribution in [0, 0.1) is 0 Å². The van der Waals surface area contributed by atoms with Crippen LogP contribution in [0.2, 0.25) is 0 Å². The molecule has 2 amide bonds. The Bertz CT molecular complexity index is 898. The van der Waals surface area contributed by atoms with Gasteiger partial charge in [-0.05, 0) is 24.3 Å². The number of rotatable bonds is 3. The van der Waals surface area contributed by atoms with Crippen molar-refractivity contribution in [3.63, 3.8) is 0 Å². The normalized spacial score (nSPS) is 14.5. The summed E-state index contributed by atoms with van der Waals surface area (Å²) in [6.45, 7) is 2.01. The fourth-order valence-corrected chi connectivity index (χ4v) is 3.64. The van der Waals surface area contributed by atoms with E-state index in [0.717, 1.165) is 10.6 Å². The fourth-order valence-electron chi connectivity index (χ4n) is 3.00. The van der Waals surface area contributed by atoms with Crippen molar-refractivity contribution in [3.8, 4) is 10.6 Å². The van der Waals surface area contributed by atoms with Crippen LogP contribution in [0.25, 0.3) is 10.6 Å². The van der Waals surface area contributed by atoms with E-state index in [9.17, 15) is 9.59 Å². The van der Waals surface area contributed by atoms with Crippen LogP contribution in [-0.4, -0.2) is 52.8 Å². The highest BCUT2D eigenvalue weighted by atomic mass is 32.1. The van der Waals surface area contributed by atoms with Crippen LogP contribution in [0.4, 0.5) is 0 Å². The summed E-state index contributed by atoms with van der Waals surface area (Å²) in [6.07, 6.45) is 3.24. The molecule has 0 unspecified atom stereocenters. The van der Waals surface area contributed by atoms with Crippen molar-refractivity contribution in [2.45, 2.75) is 0 Å². The molecule has 1 aliphatic rings. The Morgan fingerprint density at radius 2 is 1.77 bits per heavy atom. The Morgan fingerprint density at radius 3 is 2.42 bits per heavy atom. The van der Waals surface area contributed by atoms with Crippen molar-refractivity contribution in [2.75, 3.05) is 26.2 Å². The molecule has 4 rings (SSSR count). The number of amides is 2. The van der Waals surface area contributed by atoms with Gasteiger partial charge in [-0.3, -0.25) is 9.59 Å². The number of piperazine rings is 1. The second-order valence-corrected chi connectivity index (χ2v) is 6.87. The van der Waals surface area contributed by atoms with E-state index in [0.29, 0.717) is 37.5 Å². The van der Waals surface area contributed by atoms with Gasteiger partial charge in [-0.2, -0.15) is 0 Å². The van der Waals surface area contributed by atoms with Gasteiger partial charge in [-0.25, -0.2) is 4.98 Å². The van der Waals surface area contributed by atoms with Gasteiger partial charge in [0.1, 0.15) is 5.01 Å². The summed E-state index contributed by atoms with van der Waals surface area (Å²) in [7, 11) is 0. The quantitative estimate of drug-likeness (QED) is 0.714. The maximum atomic E-state index is 12.8. The third kappa shape index (κ3) is 3.25.